The molecule has 1 aliphatic rings. The molecule has 0 aliphatic carbocycles. The Morgan fingerprint density at radius 1 is 0.842 bits per heavy atom. The van der Waals surface area contributed by atoms with Gasteiger partial charge < -0.3 is 9.64 Å². The molecule has 1 aromatic carbocycles. The Bertz CT molecular complexity index is 835. The number of alkyl halides is 3. The monoisotopic (exact) mass is 543 g/mol. The van der Waals surface area contributed by atoms with Gasteiger partial charge in [0.05, 0.1) is 18.1 Å². The maximum absolute atomic E-state index is 13.8. The molecule has 1 heterocycles. The molecule has 0 spiro atoms. The summed E-state index contributed by atoms with van der Waals surface area (Å²) in [5.41, 5.74) is -1.52. The normalized spacial score (nSPS) is 14.6. The molecule has 0 atom stereocenters. The zero-order valence-electron chi connectivity index (χ0n) is 22.9. The number of benzene rings is 1. The van der Waals surface area contributed by atoms with E-state index >= 15 is 0 Å². The number of unbranched alkanes of at least 4 members (excludes halogenated alkanes) is 13. The second kappa shape index (κ2) is 17.5. The molecule has 0 aromatic heterocycles. The van der Waals surface area contributed by atoms with Gasteiger partial charge in [0, 0.05) is 18.7 Å². The molecule has 38 heavy (non-hydrogen) atoms. The van der Waals surface area contributed by atoms with Crippen molar-refractivity contribution >= 4 is 11.9 Å². The minimum atomic E-state index is -4.81. The van der Waals surface area contributed by atoms with Gasteiger partial charge in [-0.3, -0.25) is 9.59 Å². The fraction of sp³-hybridized carbons (Fsp3) is 0.733. The van der Waals surface area contributed by atoms with Crippen LogP contribution in [0.4, 0.5) is 17.6 Å². The molecule has 1 aliphatic heterocycles. The van der Waals surface area contributed by atoms with Gasteiger partial charge in [0.1, 0.15) is 5.82 Å². The maximum atomic E-state index is 13.8. The molecule has 4 nitrogen and oxygen atoms in total. The number of ether oxygens (including phenoxy) is 1. The summed E-state index contributed by atoms with van der Waals surface area (Å²) in [5.74, 6) is -2.56. The van der Waals surface area contributed by atoms with E-state index in [4.69, 9.17) is 4.74 Å². The van der Waals surface area contributed by atoms with Crippen molar-refractivity contribution in [1.82, 2.24) is 4.90 Å². The minimum Gasteiger partial charge on any atom is -0.465 e. The molecule has 2 rings (SSSR count). The van der Waals surface area contributed by atoms with Crippen LogP contribution >= 0.6 is 0 Å². The number of carbonyl (C=O) groups excluding carboxylic acids is 2. The molecule has 0 unspecified atom stereocenters. The van der Waals surface area contributed by atoms with Crippen LogP contribution in [0.2, 0.25) is 0 Å². The van der Waals surface area contributed by atoms with Crippen LogP contribution in [0.1, 0.15) is 126 Å². The molecule has 0 saturated carbocycles. The zero-order valence-corrected chi connectivity index (χ0v) is 22.9. The Morgan fingerprint density at radius 2 is 1.34 bits per heavy atom. The van der Waals surface area contributed by atoms with Crippen molar-refractivity contribution in [3.8, 4) is 0 Å². The Kier molecular flexibility index (Phi) is 14.8. The van der Waals surface area contributed by atoms with E-state index in [-0.39, 0.29) is 30.5 Å². The molecular formula is C30H45F4NO3. The Labute approximate surface area is 225 Å². The lowest BCUT2D eigenvalue weighted by atomic mass is 9.96. The van der Waals surface area contributed by atoms with Crippen LogP contribution in [0.15, 0.2) is 18.2 Å². The average Bonchev–Trinajstić information content (AvgIpc) is 2.89. The smallest absolute Gasteiger partial charge is 0.419 e. The van der Waals surface area contributed by atoms with E-state index in [2.05, 4.69) is 6.92 Å². The van der Waals surface area contributed by atoms with E-state index in [9.17, 15) is 27.2 Å². The van der Waals surface area contributed by atoms with Crippen molar-refractivity contribution in [3.63, 3.8) is 0 Å². The summed E-state index contributed by atoms with van der Waals surface area (Å²) in [4.78, 5) is 26.4. The van der Waals surface area contributed by atoms with Gasteiger partial charge >= 0.3 is 12.1 Å². The van der Waals surface area contributed by atoms with Crippen molar-refractivity contribution < 1.29 is 31.9 Å². The quantitative estimate of drug-likeness (QED) is 0.112. The van der Waals surface area contributed by atoms with Gasteiger partial charge in [-0.25, -0.2) is 4.39 Å². The number of halogens is 4. The van der Waals surface area contributed by atoms with Crippen LogP contribution in [0.3, 0.4) is 0 Å². The predicted octanol–water partition coefficient (Wildman–Crippen LogP) is 8.72. The lowest BCUT2D eigenvalue weighted by molar-refractivity contribution is -0.150. The first-order chi connectivity index (χ1) is 18.2. The van der Waals surface area contributed by atoms with Crippen LogP contribution in [0.25, 0.3) is 0 Å². The highest BCUT2D eigenvalue weighted by Gasteiger charge is 2.35. The van der Waals surface area contributed by atoms with Crippen LogP contribution in [-0.4, -0.2) is 36.5 Å². The summed E-state index contributed by atoms with van der Waals surface area (Å²) >= 11 is 0. The van der Waals surface area contributed by atoms with Crippen molar-refractivity contribution in [1.29, 1.82) is 0 Å². The van der Waals surface area contributed by atoms with Gasteiger partial charge in [-0.2, -0.15) is 13.2 Å². The third kappa shape index (κ3) is 11.7. The minimum absolute atomic E-state index is 0.130. The number of hydrogen-bond acceptors (Lipinski definition) is 3. The topological polar surface area (TPSA) is 46.6 Å². The van der Waals surface area contributed by atoms with Crippen molar-refractivity contribution in [2.24, 2.45) is 5.92 Å². The van der Waals surface area contributed by atoms with E-state index in [1.807, 2.05) is 0 Å². The Balaban J connectivity index is 1.51. The maximum Gasteiger partial charge on any atom is 0.419 e. The number of hydrogen-bond donors (Lipinski definition) is 0. The van der Waals surface area contributed by atoms with Crippen LogP contribution in [-0.2, 0) is 15.7 Å². The van der Waals surface area contributed by atoms with Crippen LogP contribution < -0.4 is 0 Å². The summed E-state index contributed by atoms with van der Waals surface area (Å²) < 4.78 is 57.5. The third-order valence-corrected chi connectivity index (χ3v) is 7.38. The molecule has 8 heteroatoms. The molecular weight excluding hydrogens is 498 g/mol. The second-order valence-electron chi connectivity index (χ2n) is 10.5. The van der Waals surface area contributed by atoms with E-state index in [1.54, 1.807) is 0 Å². The van der Waals surface area contributed by atoms with Crippen LogP contribution in [0, 0.1) is 11.7 Å². The number of nitrogens with zero attached hydrogens (tertiary/aromatic N) is 1. The van der Waals surface area contributed by atoms with E-state index < -0.39 is 23.5 Å². The predicted molar refractivity (Wildman–Crippen MR) is 141 cm³/mol. The van der Waals surface area contributed by atoms with Crippen molar-refractivity contribution in [2.45, 2.75) is 116 Å². The van der Waals surface area contributed by atoms with Crippen molar-refractivity contribution in [3.05, 3.63) is 35.1 Å². The SMILES string of the molecule is CCCCCCCCCCCCCCCCOC(=O)C1CCN(C(=O)c2ccc(C(F)(F)F)c(F)c2)CC1. The molecule has 0 N–H and O–H groups in total. The average molecular weight is 544 g/mol. The molecule has 1 saturated heterocycles. The number of rotatable bonds is 17. The lowest BCUT2D eigenvalue weighted by Crippen LogP contribution is -2.40. The summed E-state index contributed by atoms with van der Waals surface area (Å²) in [6, 6.07) is 2.21. The first-order valence-corrected chi connectivity index (χ1v) is 14.6. The van der Waals surface area contributed by atoms with E-state index in [0.29, 0.717) is 31.6 Å². The number of piperidine rings is 1. The number of carbonyl (C=O) groups is 2. The molecule has 0 bridgehead atoms. The van der Waals surface area contributed by atoms with Gasteiger partial charge in [-0.15, -0.1) is 0 Å². The van der Waals surface area contributed by atoms with Gasteiger partial charge in [0.2, 0.25) is 0 Å². The second-order valence-corrected chi connectivity index (χ2v) is 10.5. The standard InChI is InChI=1S/C30H45F4NO3/c1-2-3-4-5-6-7-8-9-10-11-12-13-14-15-22-38-29(37)24-18-20-35(21-19-24)28(36)25-16-17-26(27(31)23-25)30(32,33)34/h16-17,23-24H,2-15,18-22H2,1H3. The van der Waals surface area contributed by atoms with Crippen molar-refractivity contribution in [2.75, 3.05) is 19.7 Å². The highest BCUT2D eigenvalue weighted by Crippen LogP contribution is 2.32. The summed E-state index contributed by atoms with van der Waals surface area (Å²) in [6.45, 7) is 3.20. The summed E-state index contributed by atoms with van der Waals surface area (Å²) in [5, 5.41) is 0. The molecule has 0 radical (unpaired) electrons. The van der Waals surface area contributed by atoms with E-state index in [0.717, 1.165) is 25.3 Å². The summed E-state index contributed by atoms with van der Waals surface area (Å²) in [6.07, 6.45) is 13.7. The number of likely N-dealkylation sites (tertiary alicyclic amines) is 1. The van der Waals surface area contributed by atoms with Gasteiger partial charge in [0.15, 0.2) is 0 Å². The zero-order chi connectivity index (χ0) is 27.8. The first-order valence-electron chi connectivity index (χ1n) is 14.6. The van der Waals surface area contributed by atoms with Crippen LogP contribution in [0.5, 0.6) is 0 Å². The fourth-order valence-corrected chi connectivity index (χ4v) is 4.97. The number of esters is 1. The van der Waals surface area contributed by atoms with Gasteiger partial charge in [0.25, 0.3) is 5.91 Å². The Hall–Kier alpha value is -2.12. The van der Waals surface area contributed by atoms with Gasteiger partial charge in [-0.05, 0) is 37.5 Å². The van der Waals surface area contributed by atoms with E-state index in [1.165, 1.54) is 75.5 Å². The number of amides is 1. The highest BCUT2D eigenvalue weighted by molar-refractivity contribution is 5.94. The summed E-state index contributed by atoms with van der Waals surface area (Å²) in [7, 11) is 0. The molecule has 1 aromatic rings. The molecule has 216 valence electrons. The third-order valence-electron chi connectivity index (χ3n) is 7.38. The first kappa shape index (κ1) is 32.1. The highest BCUT2D eigenvalue weighted by atomic mass is 19.4. The fourth-order valence-electron chi connectivity index (χ4n) is 4.97. The lowest BCUT2D eigenvalue weighted by Gasteiger charge is -2.31. The molecule has 1 fully saturated rings. The largest absolute Gasteiger partial charge is 0.465 e. The Morgan fingerprint density at radius 3 is 1.82 bits per heavy atom. The molecule has 1 amide bonds. The van der Waals surface area contributed by atoms with Gasteiger partial charge in [-0.1, -0.05) is 90.4 Å².